The van der Waals surface area contributed by atoms with E-state index < -0.39 is 5.82 Å². The molecule has 0 saturated carbocycles. The zero-order valence-electron chi connectivity index (χ0n) is 7.54. The lowest BCUT2D eigenvalue weighted by atomic mass is 9.99. The number of rotatable bonds is 2. The van der Waals surface area contributed by atoms with Gasteiger partial charge in [-0.1, -0.05) is 19.9 Å². The number of aromatic hydroxyl groups is 1. The van der Waals surface area contributed by atoms with E-state index in [4.69, 9.17) is 0 Å². The molecule has 0 heterocycles. The van der Waals surface area contributed by atoms with Crippen LogP contribution in [0.2, 0.25) is 0 Å². The zero-order chi connectivity index (χ0) is 10.0. The molecule has 0 radical (unpaired) electrons. The van der Waals surface area contributed by atoms with Gasteiger partial charge >= 0.3 is 0 Å². The SMILES string of the molecule is CC(C)c1ccc(F)c(C=O)c1O. The lowest BCUT2D eigenvalue weighted by Gasteiger charge is -2.09. The van der Waals surface area contributed by atoms with E-state index >= 15 is 0 Å². The number of carbonyl (C=O) groups excluding carboxylic acids is 1. The third-order valence-electron chi connectivity index (χ3n) is 1.93. The second kappa shape index (κ2) is 3.56. The van der Waals surface area contributed by atoms with Crippen LogP contribution >= 0.6 is 0 Å². The van der Waals surface area contributed by atoms with Crippen molar-refractivity contribution in [3.63, 3.8) is 0 Å². The fourth-order valence-corrected chi connectivity index (χ4v) is 1.18. The van der Waals surface area contributed by atoms with Gasteiger partial charge in [-0.25, -0.2) is 4.39 Å². The Labute approximate surface area is 76.0 Å². The minimum Gasteiger partial charge on any atom is -0.507 e. The van der Waals surface area contributed by atoms with Crippen LogP contribution in [0.1, 0.15) is 35.7 Å². The predicted molar refractivity (Wildman–Crippen MR) is 47.5 cm³/mol. The molecule has 0 bridgehead atoms. The Morgan fingerprint density at radius 1 is 1.46 bits per heavy atom. The zero-order valence-corrected chi connectivity index (χ0v) is 7.54. The largest absolute Gasteiger partial charge is 0.507 e. The molecule has 0 aliphatic carbocycles. The summed E-state index contributed by atoms with van der Waals surface area (Å²) in [7, 11) is 0. The monoisotopic (exact) mass is 182 g/mol. The van der Waals surface area contributed by atoms with Gasteiger partial charge in [0, 0.05) is 0 Å². The van der Waals surface area contributed by atoms with E-state index in [9.17, 15) is 14.3 Å². The van der Waals surface area contributed by atoms with Gasteiger partial charge in [-0.15, -0.1) is 0 Å². The average Bonchev–Trinajstić information content (AvgIpc) is 2.04. The summed E-state index contributed by atoms with van der Waals surface area (Å²) in [6.45, 7) is 3.73. The highest BCUT2D eigenvalue weighted by Gasteiger charge is 2.13. The van der Waals surface area contributed by atoms with Gasteiger partial charge in [-0.2, -0.15) is 0 Å². The highest BCUT2D eigenvalue weighted by Crippen LogP contribution is 2.29. The van der Waals surface area contributed by atoms with Crippen molar-refractivity contribution in [1.29, 1.82) is 0 Å². The van der Waals surface area contributed by atoms with Crippen molar-refractivity contribution in [2.45, 2.75) is 19.8 Å². The third kappa shape index (κ3) is 1.69. The number of hydrogen-bond acceptors (Lipinski definition) is 2. The number of benzene rings is 1. The lowest BCUT2D eigenvalue weighted by Crippen LogP contribution is -1.95. The molecule has 3 heteroatoms. The fraction of sp³-hybridized carbons (Fsp3) is 0.300. The van der Waals surface area contributed by atoms with Crippen molar-refractivity contribution in [2.75, 3.05) is 0 Å². The molecule has 1 rings (SSSR count). The van der Waals surface area contributed by atoms with E-state index in [1.165, 1.54) is 12.1 Å². The molecule has 1 aromatic rings. The summed E-state index contributed by atoms with van der Waals surface area (Å²) < 4.78 is 12.9. The van der Waals surface area contributed by atoms with Crippen molar-refractivity contribution >= 4 is 6.29 Å². The van der Waals surface area contributed by atoms with Gasteiger partial charge in [0.1, 0.15) is 11.6 Å². The normalized spacial score (nSPS) is 10.5. The molecular weight excluding hydrogens is 171 g/mol. The second-order valence-corrected chi connectivity index (χ2v) is 3.17. The first-order chi connectivity index (χ1) is 6.07. The van der Waals surface area contributed by atoms with Crippen LogP contribution in [-0.4, -0.2) is 11.4 Å². The minimum absolute atomic E-state index is 0.0688. The maximum Gasteiger partial charge on any atom is 0.156 e. The van der Waals surface area contributed by atoms with Crippen molar-refractivity contribution < 1.29 is 14.3 Å². The summed E-state index contributed by atoms with van der Waals surface area (Å²) >= 11 is 0. The van der Waals surface area contributed by atoms with Crippen LogP contribution in [0.4, 0.5) is 4.39 Å². The minimum atomic E-state index is -0.683. The third-order valence-corrected chi connectivity index (χ3v) is 1.93. The Balaban J connectivity index is 3.35. The van der Waals surface area contributed by atoms with E-state index in [0.29, 0.717) is 11.8 Å². The Morgan fingerprint density at radius 3 is 2.54 bits per heavy atom. The van der Waals surface area contributed by atoms with Crippen LogP contribution in [0.15, 0.2) is 12.1 Å². The summed E-state index contributed by atoms with van der Waals surface area (Å²) in [6, 6.07) is 2.68. The van der Waals surface area contributed by atoms with Crippen LogP contribution in [0.3, 0.4) is 0 Å². The van der Waals surface area contributed by atoms with Crippen LogP contribution in [0.25, 0.3) is 0 Å². The smallest absolute Gasteiger partial charge is 0.156 e. The highest BCUT2D eigenvalue weighted by atomic mass is 19.1. The van der Waals surface area contributed by atoms with Gasteiger partial charge in [-0.05, 0) is 17.5 Å². The van der Waals surface area contributed by atoms with Gasteiger partial charge in [0.2, 0.25) is 0 Å². The van der Waals surface area contributed by atoms with Gasteiger partial charge in [0.25, 0.3) is 0 Å². The van der Waals surface area contributed by atoms with E-state index in [0.717, 1.165) is 0 Å². The Bertz CT molecular complexity index is 332. The molecule has 0 unspecified atom stereocenters. The first kappa shape index (κ1) is 9.71. The molecule has 0 aliphatic rings. The molecule has 1 N–H and O–H groups in total. The van der Waals surface area contributed by atoms with Crippen LogP contribution in [0, 0.1) is 5.82 Å². The highest BCUT2D eigenvalue weighted by molar-refractivity contribution is 5.80. The molecular formula is C10H11FO2. The number of phenols is 1. The number of carbonyl (C=O) groups is 1. The molecule has 0 fully saturated rings. The van der Waals surface area contributed by atoms with Crippen molar-refractivity contribution in [3.05, 3.63) is 29.1 Å². The van der Waals surface area contributed by atoms with Crippen LogP contribution in [-0.2, 0) is 0 Å². The average molecular weight is 182 g/mol. The predicted octanol–water partition coefficient (Wildman–Crippen LogP) is 2.47. The molecule has 13 heavy (non-hydrogen) atoms. The maximum atomic E-state index is 12.9. The topological polar surface area (TPSA) is 37.3 Å². The number of halogens is 1. The molecule has 0 aliphatic heterocycles. The summed E-state index contributed by atoms with van der Waals surface area (Å²) in [6.07, 6.45) is 0.330. The van der Waals surface area contributed by atoms with E-state index in [1.807, 2.05) is 13.8 Å². The van der Waals surface area contributed by atoms with Gasteiger partial charge in [-0.3, -0.25) is 4.79 Å². The first-order valence-corrected chi connectivity index (χ1v) is 4.04. The second-order valence-electron chi connectivity index (χ2n) is 3.17. The van der Waals surface area contributed by atoms with Gasteiger partial charge in [0.15, 0.2) is 6.29 Å². The summed E-state index contributed by atoms with van der Waals surface area (Å²) in [5, 5.41) is 9.47. The molecule has 0 atom stereocenters. The molecule has 2 nitrogen and oxygen atoms in total. The Morgan fingerprint density at radius 2 is 2.08 bits per heavy atom. The summed E-state index contributed by atoms with van der Waals surface area (Å²) in [5.41, 5.74) is 0.328. The van der Waals surface area contributed by atoms with Crippen LogP contribution in [0.5, 0.6) is 5.75 Å². The maximum absolute atomic E-state index is 12.9. The number of hydrogen-bond donors (Lipinski definition) is 1. The Hall–Kier alpha value is -1.38. The van der Waals surface area contributed by atoms with E-state index in [2.05, 4.69) is 0 Å². The van der Waals surface area contributed by atoms with E-state index in [1.54, 1.807) is 0 Å². The summed E-state index contributed by atoms with van der Waals surface area (Å²) in [5.74, 6) is -0.860. The molecule has 1 aromatic carbocycles. The van der Waals surface area contributed by atoms with Crippen LogP contribution < -0.4 is 0 Å². The quantitative estimate of drug-likeness (QED) is 0.713. The molecule has 0 amide bonds. The van der Waals surface area contributed by atoms with Crippen molar-refractivity contribution in [1.82, 2.24) is 0 Å². The van der Waals surface area contributed by atoms with Gasteiger partial charge < -0.3 is 5.11 Å². The molecule has 70 valence electrons. The fourth-order valence-electron chi connectivity index (χ4n) is 1.18. The molecule has 0 spiro atoms. The number of phenolic OH excluding ortho intramolecular Hbond substituents is 1. The van der Waals surface area contributed by atoms with E-state index in [-0.39, 0.29) is 17.2 Å². The molecule has 0 aromatic heterocycles. The Kier molecular flexibility index (Phi) is 2.66. The summed E-state index contributed by atoms with van der Waals surface area (Å²) in [4.78, 5) is 10.4. The number of aldehydes is 1. The first-order valence-electron chi connectivity index (χ1n) is 4.04. The standard InChI is InChI=1S/C10H11FO2/c1-6(2)7-3-4-9(11)8(5-12)10(7)13/h3-6,13H,1-2H3. The van der Waals surface area contributed by atoms with Crippen molar-refractivity contribution in [2.24, 2.45) is 0 Å². The van der Waals surface area contributed by atoms with Gasteiger partial charge in [0.05, 0.1) is 5.56 Å². The lowest BCUT2D eigenvalue weighted by molar-refractivity contribution is 0.111. The molecule has 0 saturated heterocycles. The van der Waals surface area contributed by atoms with Crippen molar-refractivity contribution in [3.8, 4) is 5.75 Å².